The number of carbonyl (C=O) groups excluding carboxylic acids is 1. The number of aryl methyl sites for hydroxylation is 1. The molecule has 0 N–H and O–H groups in total. The zero-order chi connectivity index (χ0) is 11.4. The van der Waals surface area contributed by atoms with Gasteiger partial charge in [0.15, 0.2) is 5.78 Å². The minimum Gasteiger partial charge on any atom is -0.294 e. The van der Waals surface area contributed by atoms with Gasteiger partial charge >= 0.3 is 0 Å². The molecule has 0 radical (unpaired) electrons. The molecule has 0 saturated heterocycles. The first kappa shape index (κ1) is 11.6. The van der Waals surface area contributed by atoms with Gasteiger partial charge in [0, 0.05) is 6.42 Å². The summed E-state index contributed by atoms with van der Waals surface area (Å²) >= 11 is 0. The van der Waals surface area contributed by atoms with Crippen LogP contribution in [0.1, 0.15) is 35.7 Å². The van der Waals surface area contributed by atoms with Gasteiger partial charge in [0.1, 0.15) is 5.82 Å². The van der Waals surface area contributed by atoms with Gasteiger partial charge < -0.3 is 0 Å². The lowest BCUT2D eigenvalue weighted by Gasteiger charge is -2.04. The molecule has 0 atom stereocenters. The number of hydrogen-bond acceptors (Lipinski definition) is 1. The summed E-state index contributed by atoms with van der Waals surface area (Å²) in [7, 11) is 0. The van der Waals surface area contributed by atoms with Gasteiger partial charge in [-0.15, -0.1) is 0 Å². The monoisotopic (exact) mass is 206 g/mol. The van der Waals surface area contributed by atoms with E-state index in [0.717, 1.165) is 17.6 Å². The Bertz CT molecular complexity index is 394. The maximum Gasteiger partial charge on any atom is 0.169 e. The summed E-state index contributed by atoms with van der Waals surface area (Å²) in [5.74, 6) is -0.636. The molecule has 1 aromatic carbocycles. The predicted molar refractivity (Wildman–Crippen MR) is 59.5 cm³/mol. The van der Waals surface area contributed by atoms with Crippen molar-refractivity contribution >= 4 is 5.78 Å². The fraction of sp³-hybridized carbons (Fsp3) is 0.308. The molecule has 0 heterocycles. The van der Waals surface area contributed by atoms with Crippen molar-refractivity contribution in [1.82, 2.24) is 0 Å². The van der Waals surface area contributed by atoms with E-state index in [1.165, 1.54) is 12.1 Å². The minimum atomic E-state index is -0.441. The summed E-state index contributed by atoms with van der Waals surface area (Å²) in [5, 5.41) is 0. The molecule has 80 valence electrons. The molecule has 0 saturated carbocycles. The minimum absolute atomic E-state index is 0.162. The lowest BCUT2D eigenvalue weighted by atomic mass is 10.0. The maximum absolute atomic E-state index is 13.4. The third kappa shape index (κ3) is 3.01. The van der Waals surface area contributed by atoms with E-state index >= 15 is 0 Å². The number of allylic oxidation sites excluding steroid dienone is 1. The Kier molecular flexibility index (Phi) is 3.78. The molecule has 1 nitrogen and oxygen atoms in total. The lowest BCUT2D eigenvalue weighted by molar-refractivity contribution is 0.0988. The summed E-state index contributed by atoms with van der Waals surface area (Å²) in [6.45, 7) is 7.47. The molecule has 2 heteroatoms. The Morgan fingerprint density at radius 2 is 2.13 bits per heavy atom. The smallest absolute Gasteiger partial charge is 0.169 e. The number of carbonyl (C=O) groups is 1. The van der Waals surface area contributed by atoms with Crippen LogP contribution in [0.3, 0.4) is 0 Å². The summed E-state index contributed by atoms with van der Waals surface area (Å²) in [5.41, 5.74) is 1.81. The van der Waals surface area contributed by atoms with E-state index in [9.17, 15) is 9.18 Å². The fourth-order valence-electron chi connectivity index (χ4n) is 1.29. The fourth-order valence-corrected chi connectivity index (χ4v) is 1.29. The second-order valence-electron chi connectivity index (χ2n) is 3.69. The molecular weight excluding hydrogens is 191 g/mol. The Labute approximate surface area is 89.6 Å². The van der Waals surface area contributed by atoms with E-state index in [4.69, 9.17) is 0 Å². The average Bonchev–Trinajstić information content (AvgIpc) is 2.17. The molecule has 0 aliphatic carbocycles. The maximum atomic E-state index is 13.4. The summed E-state index contributed by atoms with van der Waals surface area (Å²) in [6, 6.07) is 4.66. The Morgan fingerprint density at radius 1 is 1.47 bits per heavy atom. The van der Waals surface area contributed by atoms with Crippen LogP contribution in [0.15, 0.2) is 30.4 Å². The largest absolute Gasteiger partial charge is 0.294 e. The van der Waals surface area contributed by atoms with Gasteiger partial charge in [-0.2, -0.15) is 0 Å². The Hall–Kier alpha value is -1.44. The SMILES string of the molecule is C=C(CC)CC(=O)c1ccc(C)cc1F. The quantitative estimate of drug-likeness (QED) is 0.542. The van der Waals surface area contributed by atoms with Crippen LogP contribution in [-0.2, 0) is 0 Å². The van der Waals surface area contributed by atoms with Gasteiger partial charge in [0.05, 0.1) is 5.56 Å². The first-order valence-electron chi connectivity index (χ1n) is 5.00. The molecular formula is C13H15FO. The topological polar surface area (TPSA) is 17.1 Å². The number of halogens is 1. The van der Waals surface area contributed by atoms with Crippen LogP contribution >= 0.6 is 0 Å². The predicted octanol–water partition coefficient (Wildman–Crippen LogP) is 3.67. The number of benzene rings is 1. The Balaban J connectivity index is 2.87. The van der Waals surface area contributed by atoms with Crippen molar-refractivity contribution in [2.75, 3.05) is 0 Å². The second-order valence-corrected chi connectivity index (χ2v) is 3.69. The molecule has 0 aromatic heterocycles. The molecule has 1 rings (SSSR count). The normalized spacial score (nSPS) is 10.1. The number of ketones is 1. The van der Waals surface area contributed by atoms with Crippen molar-refractivity contribution in [2.45, 2.75) is 26.7 Å². The molecule has 0 spiro atoms. The molecule has 0 aliphatic rings. The van der Waals surface area contributed by atoms with Crippen LogP contribution in [-0.4, -0.2) is 5.78 Å². The standard InChI is InChI=1S/C13H15FO/c1-4-9(2)8-13(15)11-6-5-10(3)7-12(11)14/h5-7H,2,4,8H2,1,3H3. The van der Waals surface area contributed by atoms with Crippen molar-refractivity contribution in [2.24, 2.45) is 0 Å². The van der Waals surface area contributed by atoms with Gasteiger partial charge in [-0.05, 0) is 31.0 Å². The van der Waals surface area contributed by atoms with Crippen molar-refractivity contribution in [3.8, 4) is 0 Å². The van der Waals surface area contributed by atoms with E-state index in [-0.39, 0.29) is 17.8 Å². The van der Waals surface area contributed by atoms with Crippen molar-refractivity contribution in [3.63, 3.8) is 0 Å². The zero-order valence-electron chi connectivity index (χ0n) is 9.14. The number of hydrogen-bond donors (Lipinski definition) is 0. The molecule has 0 unspecified atom stereocenters. The molecule has 15 heavy (non-hydrogen) atoms. The first-order valence-corrected chi connectivity index (χ1v) is 5.00. The lowest BCUT2D eigenvalue weighted by Crippen LogP contribution is -2.03. The number of rotatable bonds is 4. The van der Waals surface area contributed by atoms with Crippen LogP contribution < -0.4 is 0 Å². The summed E-state index contributed by atoms with van der Waals surface area (Å²) in [4.78, 5) is 11.6. The third-order valence-corrected chi connectivity index (χ3v) is 2.34. The molecule has 0 fully saturated rings. The molecule has 1 aromatic rings. The molecule has 0 bridgehead atoms. The average molecular weight is 206 g/mol. The van der Waals surface area contributed by atoms with Crippen molar-refractivity contribution in [1.29, 1.82) is 0 Å². The van der Waals surface area contributed by atoms with E-state index < -0.39 is 5.82 Å². The Morgan fingerprint density at radius 3 is 2.67 bits per heavy atom. The molecule has 0 amide bonds. The van der Waals surface area contributed by atoms with Crippen LogP contribution in [0, 0.1) is 12.7 Å². The van der Waals surface area contributed by atoms with Crippen LogP contribution in [0.25, 0.3) is 0 Å². The summed E-state index contributed by atoms with van der Waals surface area (Å²) in [6.07, 6.45) is 0.982. The van der Waals surface area contributed by atoms with E-state index in [1.54, 1.807) is 13.0 Å². The highest BCUT2D eigenvalue weighted by Crippen LogP contribution is 2.15. The van der Waals surface area contributed by atoms with Crippen LogP contribution in [0.4, 0.5) is 4.39 Å². The number of Topliss-reactive ketones (excluding diaryl/α,β-unsaturated/α-hetero) is 1. The van der Waals surface area contributed by atoms with Gasteiger partial charge in [-0.25, -0.2) is 4.39 Å². The highest BCUT2D eigenvalue weighted by Gasteiger charge is 2.11. The van der Waals surface area contributed by atoms with Crippen LogP contribution in [0.5, 0.6) is 0 Å². The summed E-state index contributed by atoms with van der Waals surface area (Å²) < 4.78 is 13.4. The molecule has 0 aliphatic heterocycles. The highest BCUT2D eigenvalue weighted by molar-refractivity contribution is 5.97. The van der Waals surface area contributed by atoms with E-state index in [0.29, 0.717) is 0 Å². The van der Waals surface area contributed by atoms with Crippen molar-refractivity contribution < 1.29 is 9.18 Å². The van der Waals surface area contributed by atoms with Crippen molar-refractivity contribution in [3.05, 3.63) is 47.3 Å². The third-order valence-electron chi connectivity index (χ3n) is 2.34. The van der Waals surface area contributed by atoms with Crippen LogP contribution in [0.2, 0.25) is 0 Å². The van der Waals surface area contributed by atoms with E-state index in [1.807, 2.05) is 6.92 Å². The second kappa shape index (κ2) is 4.87. The van der Waals surface area contributed by atoms with Gasteiger partial charge in [0.25, 0.3) is 0 Å². The van der Waals surface area contributed by atoms with Gasteiger partial charge in [-0.1, -0.05) is 25.1 Å². The van der Waals surface area contributed by atoms with Gasteiger partial charge in [0.2, 0.25) is 0 Å². The van der Waals surface area contributed by atoms with E-state index in [2.05, 4.69) is 6.58 Å². The van der Waals surface area contributed by atoms with Gasteiger partial charge in [-0.3, -0.25) is 4.79 Å². The highest BCUT2D eigenvalue weighted by atomic mass is 19.1. The zero-order valence-corrected chi connectivity index (χ0v) is 9.14. The first-order chi connectivity index (χ1) is 7.04.